The van der Waals surface area contributed by atoms with Gasteiger partial charge in [0, 0.05) is 5.92 Å². The van der Waals surface area contributed by atoms with Crippen molar-refractivity contribution in [2.45, 2.75) is 97.0 Å². The van der Waals surface area contributed by atoms with Gasteiger partial charge in [0.1, 0.15) is 50.8 Å². The van der Waals surface area contributed by atoms with Crippen LogP contribution in [0.15, 0.2) is 12.2 Å². The van der Waals surface area contributed by atoms with E-state index in [-0.39, 0.29) is 38.4 Å². The summed E-state index contributed by atoms with van der Waals surface area (Å²) in [5.41, 5.74) is -1.64. The van der Waals surface area contributed by atoms with Crippen molar-refractivity contribution >= 4 is 99.5 Å². The molecule has 0 aliphatic carbocycles. The molecule has 9 atom stereocenters. The molecule has 51 heavy (non-hydrogen) atoms. The highest BCUT2D eigenvalue weighted by atomic mass is 79.9. The van der Waals surface area contributed by atoms with E-state index < -0.39 is 92.0 Å². The highest BCUT2D eigenvalue weighted by molar-refractivity contribution is 9.10. The van der Waals surface area contributed by atoms with Crippen LogP contribution in [0.25, 0.3) is 0 Å². The van der Waals surface area contributed by atoms with Crippen molar-refractivity contribution in [2.75, 3.05) is 39.6 Å². The van der Waals surface area contributed by atoms with Crippen LogP contribution in [-0.4, -0.2) is 123 Å². The molecular weight excluding hydrogens is 938 g/mol. The maximum atomic E-state index is 13.5. The monoisotopic (exact) mass is 979 g/mol. The van der Waals surface area contributed by atoms with Gasteiger partial charge in [0.05, 0.1) is 37.9 Å². The van der Waals surface area contributed by atoms with Crippen LogP contribution in [0.2, 0.25) is 0 Å². The number of ether oxygens (including phenoxy) is 6. The zero-order valence-electron chi connectivity index (χ0n) is 28.6. The fraction of sp³-hybridized carbons (Fsp3) is 0.758. The predicted octanol–water partition coefficient (Wildman–Crippen LogP) is 3.87. The van der Waals surface area contributed by atoms with E-state index in [1.807, 2.05) is 12.2 Å². The molecule has 2 fully saturated rings. The minimum atomic E-state index is -1.64. The Balaban J connectivity index is 1.56. The second kappa shape index (κ2) is 20.7. The van der Waals surface area contributed by atoms with Crippen molar-refractivity contribution in [3.8, 4) is 0 Å². The number of esters is 5. The number of aliphatic hydroxyl groups excluding tert-OH is 1. The molecule has 3 aliphatic heterocycles. The molecule has 1 amide bonds. The molecule has 2 bridgehead atoms. The van der Waals surface area contributed by atoms with Gasteiger partial charge in [-0.3, -0.25) is 28.8 Å². The van der Waals surface area contributed by atoms with Crippen LogP contribution in [-0.2, 0) is 57.2 Å². The first kappa shape index (κ1) is 43.8. The molecule has 3 rings (SSSR count). The number of halogens is 4. The fourth-order valence-electron chi connectivity index (χ4n) is 5.87. The first-order valence-corrected chi connectivity index (χ1v) is 20.5. The highest BCUT2D eigenvalue weighted by Gasteiger charge is 2.60. The van der Waals surface area contributed by atoms with E-state index in [2.05, 4.69) is 63.7 Å². The Labute approximate surface area is 330 Å². The third kappa shape index (κ3) is 11.9. The summed E-state index contributed by atoms with van der Waals surface area (Å²) in [5, 5.41) is 10.8. The zero-order chi connectivity index (χ0) is 37.9. The van der Waals surface area contributed by atoms with Gasteiger partial charge >= 0.3 is 29.8 Å². The van der Waals surface area contributed by atoms with Gasteiger partial charge in [-0.2, -0.15) is 0 Å². The van der Waals surface area contributed by atoms with Gasteiger partial charge in [-0.05, 0) is 46.5 Å². The fourth-order valence-corrected chi connectivity index (χ4v) is 7.70. The molecule has 0 aromatic carbocycles. The number of carbonyl (C=O) groups excluding carboxylic acids is 6. The summed E-state index contributed by atoms with van der Waals surface area (Å²) in [4.78, 5) is 74.7. The van der Waals surface area contributed by atoms with Crippen LogP contribution in [0.3, 0.4) is 0 Å². The van der Waals surface area contributed by atoms with Crippen LogP contribution in [0.1, 0.15) is 59.3 Å². The van der Waals surface area contributed by atoms with Crippen LogP contribution in [0.4, 0.5) is 0 Å². The Morgan fingerprint density at radius 1 is 0.765 bits per heavy atom. The number of alkyl halides is 4. The summed E-state index contributed by atoms with van der Waals surface area (Å²) < 4.78 is 32.1. The zero-order valence-corrected chi connectivity index (χ0v) is 35.0. The van der Waals surface area contributed by atoms with Crippen molar-refractivity contribution in [3.05, 3.63) is 12.2 Å². The van der Waals surface area contributed by atoms with E-state index >= 15 is 0 Å². The molecule has 3 aliphatic rings. The quantitative estimate of drug-likeness (QED) is 0.0716. The summed E-state index contributed by atoms with van der Waals surface area (Å²) in [6, 6.07) is 0. The third-order valence-electron chi connectivity index (χ3n) is 8.74. The molecule has 0 aromatic heterocycles. The van der Waals surface area contributed by atoms with E-state index in [1.54, 1.807) is 13.8 Å². The molecule has 2 saturated heterocycles. The summed E-state index contributed by atoms with van der Waals surface area (Å²) in [5.74, 6) is -4.18. The number of aliphatic hydroxyl groups is 1. The molecule has 7 unspecified atom stereocenters. The SMILES string of the molecule is CCOC(=O)C(Br)CCCC(Br)C(=O)OCC(C)(COC(=O)C(Br)CCCC(Br)C(=O)OCC)C(=O)OCCN1C(=O)[C@H]2C3C=CC(O3)[C@H]2C1O. The molecule has 288 valence electrons. The number of likely N-dealkylation sites (tertiary alicyclic amines) is 1. The number of rotatable bonds is 22. The smallest absolute Gasteiger partial charge is 0.319 e. The lowest BCUT2D eigenvalue weighted by Crippen LogP contribution is -2.44. The average Bonchev–Trinajstić information content (AvgIpc) is 3.79. The van der Waals surface area contributed by atoms with E-state index in [0.29, 0.717) is 38.5 Å². The molecule has 1 N–H and O–H groups in total. The Bertz CT molecular complexity index is 1230. The Hall–Kier alpha value is -1.60. The summed E-state index contributed by atoms with van der Waals surface area (Å²) in [6.45, 7) is 4.00. The maximum Gasteiger partial charge on any atom is 0.319 e. The summed E-state index contributed by atoms with van der Waals surface area (Å²) in [7, 11) is 0. The number of amides is 1. The van der Waals surface area contributed by atoms with E-state index in [9.17, 15) is 33.9 Å². The van der Waals surface area contributed by atoms with Gasteiger partial charge < -0.3 is 38.4 Å². The number of carbonyl (C=O) groups is 6. The second-order valence-electron chi connectivity index (χ2n) is 12.6. The third-order valence-corrected chi connectivity index (χ3v) is 12.1. The maximum absolute atomic E-state index is 13.5. The van der Waals surface area contributed by atoms with Crippen LogP contribution in [0.5, 0.6) is 0 Å². The van der Waals surface area contributed by atoms with Gasteiger partial charge in [0.2, 0.25) is 5.91 Å². The summed E-state index contributed by atoms with van der Waals surface area (Å²) >= 11 is 13.2. The van der Waals surface area contributed by atoms with Gasteiger partial charge in [-0.15, -0.1) is 0 Å². The molecule has 3 heterocycles. The largest absolute Gasteiger partial charge is 0.465 e. The van der Waals surface area contributed by atoms with Gasteiger partial charge in [-0.1, -0.05) is 88.7 Å². The Kier molecular flexibility index (Phi) is 17.8. The molecule has 14 nitrogen and oxygen atoms in total. The predicted molar refractivity (Wildman–Crippen MR) is 195 cm³/mol. The topological polar surface area (TPSA) is 181 Å². The van der Waals surface area contributed by atoms with E-state index in [0.717, 1.165) is 0 Å². The van der Waals surface area contributed by atoms with Gasteiger partial charge in [-0.25, -0.2) is 0 Å². The van der Waals surface area contributed by atoms with Crippen molar-refractivity contribution in [1.82, 2.24) is 4.90 Å². The van der Waals surface area contributed by atoms with Crippen LogP contribution < -0.4 is 0 Å². The lowest BCUT2D eigenvalue weighted by atomic mass is 9.85. The average molecular weight is 983 g/mol. The van der Waals surface area contributed by atoms with E-state index in [1.165, 1.54) is 11.8 Å². The molecular formula is C33H45Br4NO13. The normalized spacial score (nSPS) is 25.3. The van der Waals surface area contributed by atoms with E-state index in [4.69, 9.17) is 28.4 Å². The van der Waals surface area contributed by atoms with Crippen molar-refractivity contribution < 1.29 is 62.3 Å². The molecule has 18 heteroatoms. The summed E-state index contributed by atoms with van der Waals surface area (Å²) in [6.07, 6.45) is 4.23. The number of nitrogens with zero attached hydrogens (tertiary/aromatic N) is 1. The van der Waals surface area contributed by atoms with Gasteiger partial charge in [0.15, 0.2) is 0 Å². The Morgan fingerprint density at radius 3 is 1.63 bits per heavy atom. The first-order chi connectivity index (χ1) is 24.1. The number of hydrogen-bond donors (Lipinski definition) is 1. The minimum absolute atomic E-state index is 0.0818. The lowest BCUT2D eigenvalue weighted by molar-refractivity contribution is -0.171. The van der Waals surface area contributed by atoms with Crippen LogP contribution >= 0.6 is 63.7 Å². The van der Waals surface area contributed by atoms with Crippen molar-refractivity contribution in [2.24, 2.45) is 17.3 Å². The standard InChI is InChI=1S/C33H45Br4NO13/c1-4-46-28(41)18(34)8-6-10-20(36)30(43)49-16-33(3,17-50-31(44)21(37)11-7-9-19(35)29(42)47-5-2)32(45)48-15-14-38-26(39)24-22-12-13-23(51-22)25(24)27(38)40/h12-13,18-26,39H,4-11,14-17H2,1-3H3/t18?,19?,20?,21?,22?,23?,24-,25+,26?,33?/m1/s1. The Morgan fingerprint density at radius 2 is 1.20 bits per heavy atom. The molecule has 0 spiro atoms. The molecule has 0 saturated carbocycles. The first-order valence-electron chi connectivity index (χ1n) is 16.9. The number of fused-ring (bicyclic) bond motifs is 5. The van der Waals surface area contributed by atoms with Gasteiger partial charge in [0.25, 0.3) is 0 Å². The van der Waals surface area contributed by atoms with Crippen molar-refractivity contribution in [1.29, 1.82) is 0 Å². The lowest BCUT2D eigenvalue weighted by Gasteiger charge is -2.28. The minimum Gasteiger partial charge on any atom is -0.465 e. The highest BCUT2D eigenvalue weighted by Crippen LogP contribution is 2.46. The number of hydrogen-bond acceptors (Lipinski definition) is 13. The molecule has 0 radical (unpaired) electrons. The van der Waals surface area contributed by atoms with Crippen molar-refractivity contribution in [3.63, 3.8) is 0 Å². The molecule has 0 aromatic rings. The van der Waals surface area contributed by atoms with Crippen LogP contribution in [0, 0.1) is 17.3 Å². The second-order valence-corrected chi connectivity index (χ2v) is 17.1.